The Balaban J connectivity index is 2.72. The molecular weight excluding hydrogens is 164 g/mol. The Hall–Kier alpha value is -1.56. The Kier molecular flexibility index (Phi) is 3.27. The molecule has 0 bridgehead atoms. The van der Waals surface area contributed by atoms with E-state index in [1.165, 1.54) is 4.57 Å². The molecule has 0 amide bonds. The van der Waals surface area contributed by atoms with E-state index in [9.17, 15) is 4.79 Å². The van der Waals surface area contributed by atoms with Crippen molar-refractivity contribution < 1.29 is 4.79 Å². The molecule has 1 aromatic heterocycles. The summed E-state index contributed by atoms with van der Waals surface area (Å²) in [6.07, 6.45) is 4.43. The van der Waals surface area contributed by atoms with E-state index in [-0.39, 0.29) is 11.8 Å². The maximum atomic E-state index is 11.6. The zero-order valence-corrected chi connectivity index (χ0v) is 7.60. The molecule has 0 saturated carbocycles. The molecule has 0 fully saturated rings. The van der Waals surface area contributed by atoms with Crippen LogP contribution in [0.25, 0.3) is 0 Å². The van der Waals surface area contributed by atoms with E-state index in [1.807, 2.05) is 13.0 Å². The van der Waals surface area contributed by atoms with Crippen LogP contribution in [0.3, 0.4) is 0 Å². The molecule has 0 spiro atoms. The van der Waals surface area contributed by atoms with Gasteiger partial charge in [-0.05, 0) is 18.6 Å². The van der Waals surface area contributed by atoms with Gasteiger partial charge in [0.05, 0.1) is 12.0 Å². The van der Waals surface area contributed by atoms with Crippen LogP contribution >= 0.6 is 0 Å². The molecule has 0 saturated heterocycles. The molecule has 0 aliphatic rings. The first-order chi connectivity index (χ1) is 6.29. The zero-order valence-electron chi connectivity index (χ0n) is 7.60. The van der Waals surface area contributed by atoms with Crippen LogP contribution < -0.4 is 0 Å². The van der Waals surface area contributed by atoms with Crippen molar-refractivity contribution in [3.05, 3.63) is 24.5 Å². The first kappa shape index (κ1) is 9.53. The van der Waals surface area contributed by atoms with Crippen LogP contribution in [0, 0.1) is 17.2 Å². The lowest BCUT2D eigenvalue weighted by Crippen LogP contribution is -2.19. The van der Waals surface area contributed by atoms with Crippen molar-refractivity contribution in [3.63, 3.8) is 0 Å². The Labute approximate surface area is 77.6 Å². The van der Waals surface area contributed by atoms with E-state index in [0.717, 1.165) is 0 Å². The smallest absolute Gasteiger partial charge is 0.234 e. The van der Waals surface area contributed by atoms with Gasteiger partial charge in [0.1, 0.15) is 0 Å². The molecule has 0 unspecified atom stereocenters. The lowest BCUT2D eigenvalue weighted by atomic mass is 10.0. The SMILES string of the molecule is CC[C@@H](CC#N)C(=O)n1cccc1. The van der Waals surface area contributed by atoms with Gasteiger partial charge in [0, 0.05) is 18.8 Å². The fraction of sp³-hybridized carbons (Fsp3) is 0.400. The van der Waals surface area contributed by atoms with Gasteiger partial charge in [-0.2, -0.15) is 5.26 Å². The van der Waals surface area contributed by atoms with E-state index in [1.54, 1.807) is 24.5 Å². The highest BCUT2D eigenvalue weighted by molar-refractivity contribution is 5.81. The molecule has 68 valence electrons. The van der Waals surface area contributed by atoms with Crippen LogP contribution in [-0.4, -0.2) is 10.5 Å². The van der Waals surface area contributed by atoms with Gasteiger partial charge in [0.25, 0.3) is 0 Å². The minimum atomic E-state index is -0.169. The molecule has 3 heteroatoms. The van der Waals surface area contributed by atoms with Crippen molar-refractivity contribution in [3.8, 4) is 6.07 Å². The molecule has 0 aliphatic heterocycles. The summed E-state index contributed by atoms with van der Waals surface area (Å²) in [5, 5.41) is 8.50. The van der Waals surface area contributed by atoms with Crippen molar-refractivity contribution >= 4 is 5.91 Å². The first-order valence-corrected chi connectivity index (χ1v) is 4.33. The van der Waals surface area contributed by atoms with Gasteiger partial charge in [0.15, 0.2) is 0 Å². The lowest BCUT2D eigenvalue weighted by Gasteiger charge is -2.09. The maximum Gasteiger partial charge on any atom is 0.234 e. The summed E-state index contributed by atoms with van der Waals surface area (Å²) in [6, 6.07) is 5.63. The highest BCUT2D eigenvalue weighted by atomic mass is 16.2. The fourth-order valence-corrected chi connectivity index (χ4v) is 1.21. The van der Waals surface area contributed by atoms with Crippen molar-refractivity contribution in [1.82, 2.24) is 4.57 Å². The summed E-state index contributed by atoms with van der Waals surface area (Å²) in [6.45, 7) is 1.92. The van der Waals surface area contributed by atoms with E-state index in [0.29, 0.717) is 12.8 Å². The predicted octanol–water partition coefficient (Wildman–Crippen LogP) is 2.07. The van der Waals surface area contributed by atoms with Crippen molar-refractivity contribution in [2.75, 3.05) is 0 Å². The van der Waals surface area contributed by atoms with E-state index < -0.39 is 0 Å². The number of carbonyl (C=O) groups is 1. The average Bonchev–Trinajstić information content (AvgIpc) is 2.65. The van der Waals surface area contributed by atoms with E-state index >= 15 is 0 Å². The molecule has 0 aromatic carbocycles. The predicted molar refractivity (Wildman–Crippen MR) is 49.1 cm³/mol. The van der Waals surface area contributed by atoms with Gasteiger partial charge >= 0.3 is 0 Å². The lowest BCUT2D eigenvalue weighted by molar-refractivity contribution is 0.0833. The molecule has 1 heterocycles. The highest BCUT2D eigenvalue weighted by Gasteiger charge is 2.16. The molecule has 0 radical (unpaired) electrons. The zero-order chi connectivity index (χ0) is 9.68. The Morgan fingerprint density at radius 3 is 2.62 bits per heavy atom. The number of carbonyl (C=O) groups excluding carboxylic acids is 1. The monoisotopic (exact) mass is 176 g/mol. The summed E-state index contributed by atoms with van der Waals surface area (Å²) < 4.78 is 1.53. The second-order valence-corrected chi connectivity index (χ2v) is 2.90. The maximum absolute atomic E-state index is 11.6. The number of nitriles is 1. The largest absolute Gasteiger partial charge is 0.294 e. The van der Waals surface area contributed by atoms with Crippen LogP contribution in [0.2, 0.25) is 0 Å². The summed E-state index contributed by atoms with van der Waals surface area (Å²) in [4.78, 5) is 11.6. The van der Waals surface area contributed by atoms with Gasteiger partial charge in [0.2, 0.25) is 5.91 Å². The minimum Gasteiger partial charge on any atom is -0.294 e. The van der Waals surface area contributed by atoms with Gasteiger partial charge < -0.3 is 0 Å². The number of nitrogens with zero attached hydrogens (tertiary/aromatic N) is 2. The van der Waals surface area contributed by atoms with Gasteiger partial charge in [-0.3, -0.25) is 9.36 Å². The third-order valence-electron chi connectivity index (χ3n) is 2.04. The van der Waals surface area contributed by atoms with E-state index in [4.69, 9.17) is 5.26 Å². The molecule has 3 nitrogen and oxygen atoms in total. The quantitative estimate of drug-likeness (QED) is 0.707. The molecule has 1 rings (SSSR count). The Bertz CT molecular complexity index is 308. The molecule has 1 atom stereocenters. The van der Waals surface area contributed by atoms with Crippen LogP contribution in [0.15, 0.2) is 24.5 Å². The van der Waals surface area contributed by atoms with Gasteiger partial charge in [-0.1, -0.05) is 6.92 Å². The molecule has 13 heavy (non-hydrogen) atoms. The summed E-state index contributed by atoms with van der Waals surface area (Å²) in [5.74, 6) is -0.161. The van der Waals surface area contributed by atoms with Crippen LogP contribution in [-0.2, 0) is 0 Å². The van der Waals surface area contributed by atoms with E-state index in [2.05, 4.69) is 0 Å². The first-order valence-electron chi connectivity index (χ1n) is 4.33. The normalized spacial score (nSPS) is 12.0. The topological polar surface area (TPSA) is 45.8 Å². The number of rotatable bonds is 3. The third-order valence-corrected chi connectivity index (χ3v) is 2.04. The minimum absolute atomic E-state index is 0.00838. The average molecular weight is 176 g/mol. The van der Waals surface area contributed by atoms with Crippen molar-refractivity contribution in [1.29, 1.82) is 5.26 Å². The Morgan fingerprint density at radius 2 is 2.15 bits per heavy atom. The molecule has 0 aliphatic carbocycles. The summed E-state index contributed by atoms with van der Waals surface area (Å²) >= 11 is 0. The third kappa shape index (κ3) is 2.19. The van der Waals surface area contributed by atoms with Crippen molar-refractivity contribution in [2.45, 2.75) is 19.8 Å². The van der Waals surface area contributed by atoms with Crippen LogP contribution in [0.4, 0.5) is 0 Å². The fourth-order valence-electron chi connectivity index (χ4n) is 1.21. The van der Waals surface area contributed by atoms with Gasteiger partial charge in [-0.15, -0.1) is 0 Å². The second-order valence-electron chi connectivity index (χ2n) is 2.90. The summed E-state index contributed by atoms with van der Waals surface area (Å²) in [5.41, 5.74) is 0. The van der Waals surface area contributed by atoms with Crippen LogP contribution in [0.1, 0.15) is 24.6 Å². The molecular formula is C10H12N2O. The van der Waals surface area contributed by atoms with Crippen LogP contribution in [0.5, 0.6) is 0 Å². The second kappa shape index (κ2) is 4.46. The molecule has 0 N–H and O–H groups in total. The van der Waals surface area contributed by atoms with Gasteiger partial charge in [-0.25, -0.2) is 0 Å². The number of aromatic nitrogens is 1. The standard InChI is InChI=1S/C10H12N2O/c1-2-9(5-6-11)10(13)12-7-3-4-8-12/h3-4,7-9H,2,5H2,1H3/t9-/m0/s1. The summed E-state index contributed by atoms with van der Waals surface area (Å²) in [7, 11) is 0. The molecule has 1 aromatic rings. The Morgan fingerprint density at radius 1 is 1.54 bits per heavy atom. The highest BCUT2D eigenvalue weighted by Crippen LogP contribution is 2.10. The van der Waals surface area contributed by atoms with Crippen molar-refractivity contribution in [2.24, 2.45) is 5.92 Å². The number of hydrogen-bond donors (Lipinski definition) is 0. The number of hydrogen-bond acceptors (Lipinski definition) is 2.